The van der Waals surface area contributed by atoms with Crippen LogP contribution in [-0.4, -0.2) is 30.1 Å². The number of nitrogens with zero attached hydrogens (tertiary/aromatic N) is 2. The molecule has 3 heteroatoms. The van der Waals surface area contributed by atoms with Crippen LogP contribution in [0, 0.1) is 11.3 Å². The Morgan fingerprint density at radius 2 is 2.00 bits per heavy atom. The average Bonchev–Trinajstić information content (AvgIpc) is 2.41. The number of hydrogen-bond donors (Lipinski definition) is 1. The number of nitriles is 1. The minimum atomic E-state index is 0.396. The van der Waals surface area contributed by atoms with Crippen molar-refractivity contribution >= 4 is 5.69 Å². The first kappa shape index (κ1) is 12.9. The van der Waals surface area contributed by atoms with Gasteiger partial charge >= 0.3 is 0 Å². The number of hydrogen-bond acceptors (Lipinski definition) is 3. The van der Waals surface area contributed by atoms with E-state index in [-0.39, 0.29) is 0 Å². The third kappa shape index (κ3) is 3.48. The predicted octanol–water partition coefficient (Wildman–Crippen LogP) is 2.87. The zero-order chi connectivity index (χ0) is 12.8. The largest absolute Gasteiger partial charge is 0.382 e. The van der Waals surface area contributed by atoms with Gasteiger partial charge in [0.2, 0.25) is 0 Å². The van der Waals surface area contributed by atoms with Gasteiger partial charge in [-0.2, -0.15) is 5.26 Å². The first-order valence-electron chi connectivity index (χ1n) is 6.72. The standard InChI is InChI=1S/C15H21N3/c1-13(7-10-16)18-11-8-15(9-12-18)17-14-5-3-2-4-6-14/h2-6,13,15,17H,7-9,11-12H2,1H3. The summed E-state index contributed by atoms with van der Waals surface area (Å²) in [4.78, 5) is 2.42. The summed E-state index contributed by atoms with van der Waals surface area (Å²) in [5, 5.41) is 12.3. The van der Waals surface area contributed by atoms with E-state index in [4.69, 9.17) is 5.26 Å². The van der Waals surface area contributed by atoms with Crippen molar-refractivity contribution in [1.82, 2.24) is 4.90 Å². The monoisotopic (exact) mass is 243 g/mol. The van der Waals surface area contributed by atoms with E-state index in [1.54, 1.807) is 0 Å². The Bertz CT molecular complexity index is 388. The lowest BCUT2D eigenvalue weighted by atomic mass is 10.0. The highest BCUT2D eigenvalue weighted by Gasteiger charge is 2.22. The minimum absolute atomic E-state index is 0.396. The maximum absolute atomic E-state index is 8.73. The zero-order valence-corrected chi connectivity index (χ0v) is 11.0. The molecule has 0 saturated carbocycles. The maximum atomic E-state index is 8.73. The van der Waals surface area contributed by atoms with Crippen molar-refractivity contribution in [3.63, 3.8) is 0 Å². The van der Waals surface area contributed by atoms with Crippen molar-refractivity contribution in [1.29, 1.82) is 5.26 Å². The maximum Gasteiger partial charge on any atom is 0.0638 e. The molecule has 1 N–H and O–H groups in total. The molecule has 2 rings (SSSR count). The van der Waals surface area contributed by atoms with Gasteiger partial charge < -0.3 is 5.32 Å². The van der Waals surface area contributed by atoms with E-state index in [0.717, 1.165) is 25.9 Å². The zero-order valence-electron chi connectivity index (χ0n) is 11.0. The van der Waals surface area contributed by atoms with E-state index in [1.165, 1.54) is 5.69 Å². The van der Waals surface area contributed by atoms with Gasteiger partial charge in [-0.05, 0) is 31.9 Å². The third-order valence-electron chi connectivity index (χ3n) is 3.68. The number of nitrogens with one attached hydrogen (secondary N) is 1. The van der Waals surface area contributed by atoms with Crippen LogP contribution in [0.15, 0.2) is 30.3 Å². The van der Waals surface area contributed by atoms with Gasteiger partial charge in [0.1, 0.15) is 0 Å². The Kier molecular flexibility index (Phi) is 4.60. The Morgan fingerprint density at radius 3 is 2.61 bits per heavy atom. The molecule has 1 heterocycles. The molecule has 1 aliphatic rings. The van der Waals surface area contributed by atoms with E-state index in [0.29, 0.717) is 18.5 Å². The molecule has 1 atom stereocenters. The first-order valence-corrected chi connectivity index (χ1v) is 6.72. The van der Waals surface area contributed by atoms with Crippen LogP contribution in [-0.2, 0) is 0 Å². The van der Waals surface area contributed by atoms with Gasteiger partial charge in [0, 0.05) is 30.9 Å². The Morgan fingerprint density at radius 1 is 1.33 bits per heavy atom. The second kappa shape index (κ2) is 6.42. The fourth-order valence-corrected chi connectivity index (χ4v) is 2.52. The quantitative estimate of drug-likeness (QED) is 0.883. The highest BCUT2D eigenvalue weighted by Crippen LogP contribution is 2.18. The number of anilines is 1. The van der Waals surface area contributed by atoms with Crippen LogP contribution < -0.4 is 5.32 Å². The van der Waals surface area contributed by atoms with Crippen molar-refractivity contribution in [3.05, 3.63) is 30.3 Å². The van der Waals surface area contributed by atoms with Gasteiger partial charge in [-0.25, -0.2) is 0 Å². The fourth-order valence-electron chi connectivity index (χ4n) is 2.52. The summed E-state index contributed by atoms with van der Waals surface area (Å²) in [7, 11) is 0. The second-order valence-electron chi connectivity index (χ2n) is 5.03. The van der Waals surface area contributed by atoms with Gasteiger partial charge in [0.15, 0.2) is 0 Å². The summed E-state index contributed by atoms with van der Waals surface area (Å²) in [6.07, 6.45) is 2.95. The van der Waals surface area contributed by atoms with E-state index in [2.05, 4.69) is 47.5 Å². The molecule has 1 unspecified atom stereocenters. The van der Waals surface area contributed by atoms with Crippen molar-refractivity contribution in [2.75, 3.05) is 18.4 Å². The number of para-hydroxylation sites is 1. The molecule has 1 aromatic rings. The van der Waals surface area contributed by atoms with Crippen molar-refractivity contribution in [3.8, 4) is 6.07 Å². The minimum Gasteiger partial charge on any atom is -0.382 e. The summed E-state index contributed by atoms with van der Waals surface area (Å²) in [5.74, 6) is 0. The molecule has 96 valence electrons. The highest BCUT2D eigenvalue weighted by molar-refractivity contribution is 5.43. The van der Waals surface area contributed by atoms with Crippen LogP contribution in [0.3, 0.4) is 0 Å². The third-order valence-corrected chi connectivity index (χ3v) is 3.68. The molecule has 1 aromatic carbocycles. The molecule has 18 heavy (non-hydrogen) atoms. The van der Waals surface area contributed by atoms with Crippen LogP contribution in [0.5, 0.6) is 0 Å². The number of benzene rings is 1. The lowest BCUT2D eigenvalue weighted by Crippen LogP contribution is -2.43. The molecule has 1 aliphatic heterocycles. The van der Waals surface area contributed by atoms with E-state index < -0.39 is 0 Å². The Balaban J connectivity index is 1.79. The average molecular weight is 243 g/mol. The molecule has 0 aliphatic carbocycles. The molecular weight excluding hydrogens is 222 g/mol. The van der Waals surface area contributed by atoms with Crippen LogP contribution in [0.25, 0.3) is 0 Å². The lowest BCUT2D eigenvalue weighted by molar-refractivity contribution is 0.169. The fraction of sp³-hybridized carbons (Fsp3) is 0.533. The predicted molar refractivity (Wildman–Crippen MR) is 74.4 cm³/mol. The summed E-state index contributed by atoms with van der Waals surface area (Å²) in [5.41, 5.74) is 1.21. The van der Waals surface area contributed by atoms with Gasteiger partial charge in [-0.15, -0.1) is 0 Å². The Hall–Kier alpha value is -1.53. The van der Waals surface area contributed by atoms with Crippen LogP contribution >= 0.6 is 0 Å². The molecule has 0 amide bonds. The summed E-state index contributed by atoms with van der Waals surface area (Å²) in [6, 6.07) is 13.6. The molecule has 0 bridgehead atoms. The van der Waals surface area contributed by atoms with Crippen LogP contribution in [0.1, 0.15) is 26.2 Å². The van der Waals surface area contributed by atoms with E-state index in [9.17, 15) is 0 Å². The first-order chi connectivity index (χ1) is 8.79. The Labute approximate surface area is 109 Å². The summed E-state index contributed by atoms with van der Waals surface area (Å²) in [6.45, 7) is 4.33. The van der Waals surface area contributed by atoms with Crippen LogP contribution in [0.4, 0.5) is 5.69 Å². The molecule has 0 aromatic heterocycles. The van der Waals surface area contributed by atoms with Crippen molar-refractivity contribution in [2.24, 2.45) is 0 Å². The topological polar surface area (TPSA) is 39.1 Å². The summed E-state index contributed by atoms with van der Waals surface area (Å²) >= 11 is 0. The summed E-state index contributed by atoms with van der Waals surface area (Å²) < 4.78 is 0. The molecule has 1 saturated heterocycles. The van der Waals surface area contributed by atoms with Gasteiger partial charge in [0.05, 0.1) is 12.5 Å². The molecule has 0 radical (unpaired) electrons. The van der Waals surface area contributed by atoms with Gasteiger partial charge in [-0.3, -0.25) is 4.90 Å². The lowest BCUT2D eigenvalue weighted by Gasteiger charge is -2.35. The van der Waals surface area contributed by atoms with E-state index in [1.807, 2.05) is 6.07 Å². The smallest absolute Gasteiger partial charge is 0.0638 e. The number of rotatable bonds is 4. The molecule has 0 spiro atoms. The number of piperidine rings is 1. The molecular formula is C15H21N3. The van der Waals surface area contributed by atoms with Crippen LogP contribution in [0.2, 0.25) is 0 Å². The molecule has 3 nitrogen and oxygen atoms in total. The normalized spacial score (nSPS) is 19.1. The second-order valence-corrected chi connectivity index (χ2v) is 5.03. The van der Waals surface area contributed by atoms with E-state index >= 15 is 0 Å². The van der Waals surface area contributed by atoms with Gasteiger partial charge in [-0.1, -0.05) is 18.2 Å². The number of likely N-dealkylation sites (tertiary alicyclic amines) is 1. The highest BCUT2D eigenvalue weighted by atomic mass is 15.2. The van der Waals surface area contributed by atoms with Crippen molar-refractivity contribution in [2.45, 2.75) is 38.3 Å². The molecule has 1 fully saturated rings. The van der Waals surface area contributed by atoms with Crippen molar-refractivity contribution < 1.29 is 0 Å². The SMILES string of the molecule is CC(CC#N)N1CCC(Nc2ccccc2)CC1. The van der Waals surface area contributed by atoms with Gasteiger partial charge in [0.25, 0.3) is 0 Å².